The zero-order valence-electron chi connectivity index (χ0n) is 14.6. The Morgan fingerprint density at radius 2 is 1.79 bits per heavy atom. The Hall–Kier alpha value is -2.16. The molecule has 0 aliphatic carbocycles. The Kier molecular flexibility index (Phi) is 5.65. The van der Waals surface area contributed by atoms with Crippen LogP contribution in [0.25, 0.3) is 0 Å². The summed E-state index contributed by atoms with van der Waals surface area (Å²) in [4.78, 5) is 5.32. The molecule has 1 atom stereocenters. The van der Waals surface area contributed by atoms with Gasteiger partial charge in [-0.05, 0) is 37.3 Å². The highest BCUT2D eigenvalue weighted by atomic mass is 32.2. The third-order valence-electron chi connectivity index (χ3n) is 4.23. The van der Waals surface area contributed by atoms with E-state index in [2.05, 4.69) is 5.16 Å². The normalized spacial score (nSPS) is 19.5. The summed E-state index contributed by atoms with van der Waals surface area (Å²) in [6.07, 6.45) is -4.69. The van der Waals surface area contributed by atoms with E-state index in [1.165, 1.54) is 17.8 Å². The number of benzene rings is 2. The second kappa shape index (κ2) is 7.69. The van der Waals surface area contributed by atoms with Crippen LogP contribution in [0.2, 0.25) is 0 Å². The largest absolute Gasteiger partial charge is 0.417 e. The molecule has 0 aromatic heterocycles. The molecule has 0 fully saturated rings. The molecular weight excluding hydrogens is 404 g/mol. The van der Waals surface area contributed by atoms with Crippen LogP contribution in [0, 0.1) is 17.5 Å². The second-order valence-electron chi connectivity index (χ2n) is 6.64. The summed E-state index contributed by atoms with van der Waals surface area (Å²) >= 11 is 1.18. The summed E-state index contributed by atoms with van der Waals surface area (Å²) in [5.74, 6) is -2.04. The number of oxime groups is 1. The van der Waals surface area contributed by atoms with E-state index in [1.54, 1.807) is 6.92 Å². The van der Waals surface area contributed by atoms with Crippen LogP contribution in [-0.2, 0) is 16.8 Å². The van der Waals surface area contributed by atoms with Gasteiger partial charge in [0.2, 0.25) is 0 Å². The minimum Gasteiger partial charge on any atom is -0.388 e. The Morgan fingerprint density at radius 3 is 2.43 bits per heavy atom. The summed E-state index contributed by atoms with van der Waals surface area (Å²) < 4.78 is 80.2. The molecule has 0 spiro atoms. The first-order valence-electron chi connectivity index (χ1n) is 8.22. The molecule has 0 bridgehead atoms. The Labute approximate surface area is 161 Å². The number of hydrogen-bond acceptors (Lipinski definition) is 3. The fourth-order valence-electron chi connectivity index (χ4n) is 2.85. The number of rotatable bonds is 5. The van der Waals surface area contributed by atoms with Crippen LogP contribution in [-0.4, -0.2) is 17.1 Å². The monoisotopic (exact) mass is 419 g/mol. The molecule has 0 saturated heterocycles. The molecule has 1 aliphatic heterocycles. The van der Waals surface area contributed by atoms with E-state index in [-0.39, 0.29) is 34.8 Å². The number of alkyl halides is 3. The van der Waals surface area contributed by atoms with Gasteiger partial charge < -0.3 is 4.84 Å². The highest BCUT2D eigenvalue weighted by molar-refractivity contribution is 7.98. The Morgan fingerprint density at radius 1 is 1.11 bits per heavy atom. The fraction of sp³-hybridized carbons (Fsp3) is 0.316. The quantitative estimate of drug-likeness (QED) is 0.560. The fourth-order valence-corrected chi connectivity index (χ4v) is 4.02. The van der Waals surface area contributed by atoms with Crippen molar-refractivity contribution in [2.24, 2.45) is 5.16 Å². The molecule has 28 heavy (non-hydrogen) atoms. The number of hydrogen-bond donors (Lipinski definition) is 0. The van der Waals surface area contributed by atoms with E-state index in [4.69, 9.17) is 4.84 Å². The maximum Gasteiger partial charge on any atom is 0.417 e. The molecule has 3 rings (SSSR count). The molecule has 1 heterocycles. The molecular formula is C19H15F6NOS. The maximum absolute atomic E-state index is 13.7. The summed E-state index contributed by atoms with van der Waals surface area (Å²) in [5.41, 5.74) is -2.34. The van der Waals surface area contributed by atoms with Crippen LogP contribution in [0.3, 0.4) is 0 Å². The van der Waals surface area contributed by atoms with Gasteiger partial charge in [0.25, 0.3) is 0 Å². The molecule has 0 N–H and O–H groups in total. The van der Waals surface area contributed by atoms with Gasteiger partial charge in [-0.25, -0.2) is 13.2 Å². The molecule has 2 nitrogen and oxygen atoms in total. The van der Waals surface area contributed by atoms with Crippen LogP contribution in [0.5, 0.6) is 0 Å². The van der Waals surface area contributed by atoms with Crippen molar-refractivity contribution in [2.75, 3.05) is 5.75 Å². The molecule has 0 saturated carbocycles. The summed E-state index contributed by atoms with van der Waals surface area (Å²) in [7, 11) is 0. The molecule has 0 amide bonds. The molecule has 0 radical (unpaired) electrons. The smallest absolute Gasteiger partial charge is 0.388 e. The van der Waals surface area contributed by atoms with Gasteiger partial charge in [0.15, 0.2) is 0 Å². The third kappa shape index (κ3) is 4.45. The lowest BCUT2D eigenvalue weighted by Gasteiger charge is -2.21. The average Bonchev–Trinajstić information content (AvgIpc) is 2.99. The highest BCUT2D eigenvalue weighted by Crippen LogP contribution is 2.37. The maximum atomic E-state index is 13.7. The SMILES string of the molecule is CC1(CSCc2c(F)cccc2F)CC(c2ccc(F)cc2C(F)(F)F)=NO1. The van der Waals surface area contributed by atoms with E-state index >= 15 is 0 Å². The minimum atomic E-state index is -4.74. The van der Waals surface area contributed by atoms with E-state index in [0.717, 1.165) is 24.3 Å². The van der Waals surface area contributed by atoms with Gasteiger partial charge in [0, 0.05) is 29.1 Å². The van der Waals surface area contributed by atoms with Gasteiger partial charge in [-0.2, -0.15) is 24.9 Å². The first kappa shape index (κ1) is 20.6. The molecule has 9 heteroatoms. The first-order valence-corrected chi connectivity index (χ1v) is 9.37. The molecule has 1 unspecified atom stereocenters. The van der Waals surface area contributed by atoms with Crippen molar-refractivity contribution in [1.82, 2.24) is 0 Å². The minimum absolute atomic E-state index is 0.0388. The summed E-state index contributed by atoms with van der Waals surface area (Å²) in [6.45, 7) is 1.64. The van der Waals surface area contributed by atoms with Crippen LogP contribution < -0.4 is 0 Å². The van der Waals surface area contributed by atoms with E-state index < -0.39 is 34.8 Å². The van der Waals surface area contributed by atoms with Gasteiger partial charge in [-0.15, -0.1) is 0 Å². The van der Waals surface area contributed by atoms with Crippen LogP contribution in [0.1, 0.15) is 30.0 Å². The van der Waals surface area contributed by atoms with Gasteiger partial charge in [0.1, 0.15) is 23.1 Å². The number of thioether (sulfide) groups is 1. The van der Waals surface area contributed by atoms with Crippen LogP contribution in [0.15, 0.2) is 41.6 Å². The molecule has 150 valence electrons. The lowest BCUT2D eigenvalue weighted by Crippen LogP contribution is -2.28. The van der Waals surface area contributed by atoms with Crippen molar-refractivity contribution in [3.63, 3.8) is 0 Å². The van der Waals surface area contributed by atoms with Crippen molar-refractivity contribution in [3.05, 3.63) is 70.5 Å². The van der Waals surface area contributed by atoms with Crippen LogP contribution in [0.4, 0.5) is 26.3 Å². The van der Waals surface area contributed by atoms with E-state index in [1.807, 2.05) is 0 Å². The van der Waals surface area contributed by atoms with E-state index in [9.17, 15) is 26.3 Å². The predicted octanol–water partition coefficient (Wildman–Crippen LogP) is 5.94. The highest BCUT2D eigenvalue weighted by Gasteiger charge is 2.40. The summed E-state index contributed by atoms with van der Waals surface area (Å²) in [6, 6.07) is 5.94. The average molecular weight is 419 g/mol. The topological polar surface area (TPSA) is 21.6 Å². The first-order chi connectivity index (χ1) is 13.1. The molecule has 2 aromatic carbocycles. The Bertz CT molecular complexity index is 894. The lowest BCUT2D eigenvalue weighted by molar-refractivity contribution is -0.137. The van der Waals surface area contributed by atoms with Gasteiger partial charge in [0.05, 0.1) is 11.3 Å². The lowest BCUT2D eigenvalue weighted by atomic mass is 9.94. The van der Waals surface area contributed by atoms with Crippen LogP contribution >= 0.6 is 11.8 Å². The number of nitrogens with zero attached hydrogens (tertiary/aromatic N) is 1. The molecule has 1 aliphatic rings. The summed E-state index contributed by atoms with van der Waals surface area (Å²) in [5, 5.41) is 3.76. The van der Waals surface area contributed by atoms with Crippen molar-refractivity contribution in [3.8, 4) is 0 Å². The van der Waals surface area contributed by atoms with Gasteiger partial charge in [-0.3, -0.25) is 0 Å². The van der Waals surface area contributed by atoms with Crippen molar-refractivity contribution in [2.45, 2.75) is 30.9 Å². The molecule has 2 aromatic rings. The van der Waals surface area contributed by atoms with Gasteiger partial charge >= 0.3 is 6.18 Å². The second-order valence-corrected chi connectivity index (χ2v) is 7.62. The predicted molar refractivity (Wildman–Crippen MR) is 94.6 cm³/mol. The van der Waals surface area contributed by atoms with Gasteiger partial charge in [-0.1, -0.05) is 11.2 Å². The number of halogens is 6. The zero-order valence-corrected chi connectivity index (χ0v) is 15.4. The standard InChI is InChI=1S/C19H15F6NOS/c1-18(10-28-9-13-15(21)3-2-4-16(13)22)8-17(26-27-18)12-6-5-11(20)7-14(12)19(23,24)25/h2-7H,8-10H2,1H3. The Balaban J connectivity index is 1.69. The van der Waals surface area contributed by atoms with Crippen molar-refractivity contribution >= 4 is 17.5 Å². The van der Waals surface area contributed by atoms with E-state index in [0.29, 0.717) is 6.07 Å². The van der Waals surface area contributed by atoms with Crippen molar-refractivity contribution in [1.29, 1.82) is 0 Å². The zero-order chi connectivity index (χ0) is 20.5. The van der Waals surface area contributed by atoms with Crippen molar-refractivity contribution < 1.29 is 31.2 Å². The third-order valence-corrected chi connectivity index (χ3v) is 5.54.